The fraction of sp³-hybridized carbons (Fsp3) is 0.682. The summed E-state index contributed by atoms with van der Waals surface area (Å²) < 4.78 is 0. The van der Waals surface area contributed by atoms with Gasteiger partial charge < -0.3 is 10.2 Å². The predicted molar refractivity (Wildman–Crippen MR) is 103 cm³/mol. The van der Waals surface area contributed by atoms with Crippen molar-refractivity contribution >= 4 is 5.91 Å². The SMILES string of the molecule is Cc1cccc(C2CCCCCN2C(=O)CC(C)C2CCNCC2)c1. The summed E-state index contributed by atoms with van der Waals surface area (Å²) >= 11 is 0. The molecule has 0 saturated carbocycles. The first kappa shape index (κ1) is 18.4. The van der Waals surface area contributed by atoms with Crippen LogP contribution < -0.4 is 5.32 Å². The maximum absolute atomic E-state index is 13.2. The van der Waals surface area contributed by atoms with E-state index in [1.807, 2.05) is 0 Å². The van der Waals surface area contributed by atoms with Gasteiger partial charge in [-0.15, -0.1) is 0 Å². The van der Waals surface area contributed by atoms with Crippen LogP contribution in [0, 0.1) is 18.8 Å². The van der Waals surface area contributed by atoms with Crippen LogP contribution in [0.2, 0.25) is 0 Å². The lowest BCUT2D eigenvalue weighted by Crippen LogP contribution is -2.37. The minimum Gasteiger partial charge on any atom is -0.336 e. The number of likely N-dealkylation sites (tertiary alicyclic amines) is 1. The van der Waals surface area contributed by atoms with Crippen molar-refractivity contribution in [3.63, 3.8) is 0 Å². The van der Waals surface area contributed by atoms with E-state index in [1.165, 1.54) is 36.8 Å². The molecule has 2 unspecified atom stereocenters. The number of hydrogen-bond donors (Lipinski definition) is 1. The minimum atomic E-state index is 0.273. The Kier molecular flexibility index (Phi) is 6.52. The molecule has 25 heavy (non-hydrogen) atoms. The van der Waals surface area contributed by atoms with Crippen molar-refractivity contribution in [2.75, 3.05) is 19.6 Å². The molecule has 138 valence electrons. The van der Waals surface area contributed by atoms with Gasteiger partial charge in [0.1, 0.15) is 0 Å². The van der Waals surface area contributed by atoms with Crippen LogP contribution in [-0.4, -0.2) is 30.4 Å². The summed E-state index contributed by atoms with van der Waals surface area (Å²) in [6.07, 6.45) is 7.88. The van der Waals surface area contributed by atoms with Crippen LogP contribution in [-0.2, 0) is 4.79 Å². The molecule has 0 aromatic heterocycles. The number of carbonyl (C=O) groups excluding carboxylic acids is 1. The highest BCUT2D eigenvalue weighted by Gasteiger charge is 2.29. The zero-order valence-electron chi connectivity index (χ0n) is 16.0. The van der Waals surface area contributed by atoms with E-state index >= 15 is 0 Å². The Bertz CT molecular complexity index is 565. The molecule has 1 aromatic carbocycles. The largest absolute Gasteiger partial charge is 0.336 e. The lowest BCUT2D eigenvalue weighted by molar-refractivity contribution is -0.135. The van der Waals surface area contributed by atoms with E-state index in [9.17, 15) is 4.79 Å². The maximum Gasteiger partial charge on any atom is 0.223 e. The lowest BCUT2D eigenvalue weighted by atomic mass is 9.83. The second-order valence-electron chi connectivity index (χ2n) is 8.14. The monoisotopic (exact) mass is 342 g/mol. The fourth-order valence-electron chi connectivity index (χ4n) is 4.60. The van der Waals surface area contributed by atoms with Gasteiger partial charge in [-0.05, 0) is 63.1 Å². The van der Waals surface area contributed by atoms with Gasteiger partial charge in [0.15, 0.2) is 0 Å². The predicted octanol–water partition coefficient (Wildman–Crippen LogP) is 4.46. The lowest BCUT2D eigenvalue weighted by Gasteiger charge is -2.34. The average molecular weight is 343 g/mol. The maximum atomic E-state index is 13.2. The van der Waals surface area contributed by atoms with E-state index in [4.69, 9.17) is 0 Å². The molecule has 0 bridgehead atoms. The summed E-state index contributed by atoms with van der Waals surface area (Å²) in [6, 6.07) is 9.03. The van der Waals surface area contributed by atoms with Crippen LogP contribution in [0.3, 0.4) is 0 Å². The third-order valence-corrected chi connectivity index (χ3v) is 6.19. The first-order valence-corrected chi connectivity index (χ1v) is 10.2. The molecule has 1 aromatic rings. The molecule has 0 radical (unpaired) electrons. The highest BCUT2D eigenvalue weighted by atomic mass is 16.2. The number of rotatable bonds is 4. The third-order valence-electron chi connectivity index (χ3n) is 6.19. The first-order valence-electron chi connectivity index (χ1n) is 10.2. The van der Waals surface area contributed by atoms with Crippen LogP contribution in [0.15, 0.2) is 24.3 Å². The number of amides is 1. The smallest absolute Gasteiger partial charge is 0.223 e. The number of nitrogens with one attached hydrogen (secondary N) is 1. The molecule has 2 aliphatic rings. The number of aryl methyl sites for hydroxylation is 1. The van der Waals surface area contributed by atoms with E-state index in [2.05, 4.69) is 48.3 Å². The van der Waals surface area contributed by atoms with E-state index in [0.29, 0.717) is 24.2 Å². The average Bonchev–Trinajstić information content (AvgIpc) is 2.88. The molecule has 2 atom stereocenters. The molecule has 2 aliphatic heterocycles. The summed E-state index contributed by atoms with van der Waals surface area (Å²) in [4.78, 5) is 15.4. The quantitative estimate of drug-likeness (QED) is 0.876. The van der Waals surface area contributed by atoms with E-state index < -0.39 is 0 Å². The summed E-state index contributed by atoms with van der Waals surface area (Å²) in [6.45, 7) is 7.58. The van der Waals surface area contributed by atoms with Crippen molar-refractivity contribution in [1.29, 1.82) is 0 Å². The topological polar surface area (TPSA) is 32.3 Å². The van der Waals surface area contributed by atoms with Crippen LogP contribution in [0.25, 0.3) is 0 Å². The van der Waals surface area contributed by atoms with Crippen molar-refractivity contribution in [2.24, 2.45) is 11.8 Å². The normalized spacial score (nSPS) is 23.9. The Morgan fingerprint density at radius 1 is 1.20 bits per heavy atom. The van der Waals surface area contributed by atoms with Crippen LogP contribution in [0.1, 0.15) is 69.0 Å². The van der Waals surface area contributed by atoms with E-state index in [1.54, 1.807) is 0 Å². The van der Waals surface area contributed by atoms with Crippen LogP contribution in [0.5, 0.6) is 0 Å². The van der Waals surface area contributed by atoms with Crippen molar-refractivity contribution in [3.05, 3.63) is 35.4 Å². The molecule has 1 N–H and O–H groups in total. The molecule has 3 heteroatoms. The number of carbonyl (C=O) groups is 1. The van der Waals surface area contributed by atoms with Gasteiger partial charge in [0.2, 0.25) is 5.91 Å². The van der Waals surface area contributed by atoms with Gasteiger partial charge >= 0.3 is 0 Å². The summed E-state index contributed by atoms with van der Waals surface area (Å²) in [5, 5.41) is 3.43. The number of piperidine rings is 1. The summed E-state index contributed by atoms with van der Waals surface area (Å²) in [5.74, 6) is 1.57. The number of hydrogen-bond acceptors (Lipinski definition) is 2. The highest BCUT2D eigenvalue weighted by Crippen LogP contribution is 2.33. The summed E-state index contributed by atoms with van der Waals surface area (Å²) in [7, 11) is 0. The standard InChI is InChI=1S/C22H34N2O/c1-17-7-6-8-20(15-17)21-9-4-3-5-14-24(21)22(25)16-18(2)19-10-12-23-13-11-19/h6-8,15,18-19,21,23H,3-5,9-14,16H2,1-2H3. The Morgan fingerprint density at radius 3 is 2.76 bits per heavy atom. The molecule has 3 rings (SSSR count). The zero-order valence-corrected chi connectivity index (χ0v) is 16.0. The molecule has 0 aliphatic carbocycles. The number of nitrogens with zero attached hydrogens (tertiary/aromatic N) is 1. The van der Waals surface area contributed by atoms with Gasteiger partial charge in [-0.1, -0.05) is 49.6 Å². The zero-order chi connectivity index (χ0) is 17.6. The van der Waals surface area contributed by atoms with Crippen molar-refractivity contribution in [3.8, 4) is 0 Å². The van der Waals surface area contributed by atoms with E-state index in [0.717, 1.165) is 32.5 Å². The molecular formula is C22H34N2O. The van der Waals surface area contributed by atoms with Crippen molar-refractivity contribution < 1.29 is 4.79 Å². The Labute approximate surface area is 153 Å². The minimum absolute atomic E-state index is 0.273. The molecular weight excluding hydrogens is 308 g/mol. The first-order chi connectivity index (χ1) is 12.1. The van der Waals surface area contributed by atoms with E-state index in [-0.39, 0.29) is 6.04 Å². The second kappa shape index (κ2) is 8.84. The van der Waals surface area contributed by atoms with Gasteiger partial charge in [0.25, 0.3) is 0 Å². The van der Waals surface area contributed by atoms with Crippen LogP contribution >= 0.6 is 0 Å². The van der Waals surface area contributed by atoms with Gasteiger partial charge in [-0.25, -0.2) is 0 Å². The Morgan fingerprint density at radius 2 is 2.00 bits per heavy atom. The fourth-order valence-corrected chi connectivity index (χ4v) is 4.60. The molecule has 2 fully saturated rings. The van der Waals surface area contributed by atoms with Crippen molar-refractivity contribution in [2.45, 2.75) is 64.8 Å². The molecule has 2 saturated heterocycles. The van der Waals surface area contributed by atoms with Crippen molar-refractivity contribution in [1.82, 2.24) is 10.2 Å². The summed E-state index contributed by atoms with van der Waals surface area (Å²) in [5.41, 5.74) is 2.61. The molecule has 2 heterocycles. The van der Waals surface area contributed by atoms with Gasteiger partial charge in [0, 0.05) is 13.0 Å². The third kappa shape index (κ3) is 4.84. The molecule has 3 nitrogen and oxygen atoms in total. The van der Waals surface area contributed by atoms with Crippen LogP contribution in [0.4, 0.5) is 0 Å². The van der Waals surface area contributed by atoms with Gasteiger partial charge in [-0.3, -0.25) is 4.79 Å². The molecule has 1 amide bonds. The number of benzene rings is 1. The molecule has 0 spiro atoms. The van der Waals surface area contributed by atoms with Gasteiger partial charge in [0.05, 0.1) is 6.04 Å². The highest BCUT2D eigenvalue weighted by molar-refractivity contribution is 5.77. The second-order valence-corrected chi connectivity index (χ2v) is 8.14. The van der Waals surface area contributed by atoms with Gasteiger partial charge in [-0.2, -0.15) is 0 Å². The Hall–Kier alpha value is -1.35. The Balaban J connectivity index is 1.70.